The molecule has 0 spiro atoms. The van der Waals surface area contributed by atoms with E-state index in [2.05, 4.69) is 49.7 Å². The first-order valence-electron chi connectivity index (χ1n) is 10.2. The van der Waals surface area contributed by atoms with Crippen molar-refractivity contribution in [3.05, 3.63) is 78.1 Å². The van der Waals surface area contributed by atoms with Crippen molar-refractivity contribution in [1.29, 1.82) is 0 Å². The molecular weight excluding hydrogens is 412 g/mol. The average Bonchev–Trinajstić information content (AvgIpc) is 3.33. The molecular formula is C22H28N6O2S. The zero-order valence-corrected chi connectivity index (χ0v) is 18.6. The maximum Gasteiger partial charge on any atom is 0.240 e. The van der Waals surface area contributed by atoms with E-state index in [1.54, 1.807) is 30.5 Å². The zero-order valence-electron chi connectivity index (χ0n) is 17.7. The number of hydrogen-bond acceptors (Lipinski definition) is 4. The second-order valence-electron chi connectivity index (χ2n) is 6.84. The summed E-state index contributed by atoms with van der Waals surface area (Å²) in [5, 5.41) is 10.8. The largest absolute Gasteiger partial charge is 0.357 e. The number of nitrogens with one attached hydrogen (secondary N) is 3. The number of sulfonamides is 1. The Hall–Kier alpha value is -3.17. The Bertz CT molecular complexity index is 1080. The van der Waals surface area contributed by atoms with Crippen molar-refractivity contribution in [3.63, 3.8) is 0 Å². The van der Waals surface area contributed by atoms with Gasteiger partial charge in [-0.3, -0.25) is 0 Å². The van der Waals surface area contributed by atoms with Gasteiger partial charge in [-0.25, -0.2) is 22.8 Å². The van der Waals surface area contributed by atoms with Gasteiger partial charge in [-0.1, -0.05) is 24.3 Å². The molecule has 3 N–H and O–H groups in total. The van der Waals surface area contributed by atoms with Gasteiger partial charge in [0.2, 0.25) is 10.0 Å². The van der Waals surface area contributed by atoms with Crippen LogP contribution in [-0.2, 0) is 23.0 Å². The molecule has 0 bridgehead atoms. The molecule has 0 saturated heterocycles. The van der Waals surface area contributed by atoms with Crippen LogP contribution in [0.1, 0.15) is 18.1 Å². The highest BCUT2D eigenvalue weighted by Crippen LogP contribution is 2.11. The summed E-state index contributed by atoms with van der Waals surface area (Å²) in [6.45, 7) is 3.96. The first kappa shape index (κ1) is 22.5. The van der Waals surface area contributed by atoms with Gasteiger partial charge in [0.05, 0.1) is 17.1 Å². The SMILES string of the molecule is CCNC(=NCc1ccc(S(=O)(=O)NC)cc1)NCCc1ccc(-n2cccn2)cc1. The van der Waals surface area contributed by atoms with Gasteiger partial charge in [0.1, 0.15) is 0 Å². The van der Waals surface area contributed by atoms with Gasteiger partial charge in [0, 0.05) is 25.5 Å². The highest BCUT2D eigenvalue weighted by atomic mass is 32.2. The van der Waals surface area contributed by atoms with Gasteiger partial charge in [-0.05, 0) is 61.9 Å². The molecule has 0 amide bonds. The lowest BCUT2D eigenvalue weighted by Gasteiger charge is -2.12. The number of rotatable bonds is 9. The molecule has 0 aliphatic heterocycles. The molecule has 31 heavy (non-hydrogen) atoms. The third-order valence-electron chi connectivity index (χ3n) is 4.68. The molecule has 8 nitrogen and oxygen atoms in total. The van der Waals surface area contributed by atoms with Crippen LogP contribution < -0.4 is 15.4 Å². The van der Waals surface area contributed by atoms with Gasteiger partial charge < -0.3 is 10.6 Å². The van der Waals surface area contributed by atoms with Gasteiger partial charge in [0.15, 0.2) is 5.96 Å². The summed E-state index contributed by atoms with van der Waals surface area (Å²) >= 11 is 0. The van der Waals surface area contributed by atoms with Crippen molar-refractivity contribution in [3.8, 4) is 5.69 Å². The van der Waals surface area contributed by atoms with Crippen LogP contribution >= 0.6 is 0 Å². The smallest absolute Gasteiger partial charge is 0.240 e. The van der Waals surface area contributed by atoms with E-state index in [9.17, 15) is 8.42 Å². The van der Waals surface area contributed by atoms with E-state index in [-0.39, 0.29) is 4.90 Å². The Balaban J connectivity index is 1.54. The van der Waals surface area contributed by atoms with E-state index in [0.29, 0.717) is 6.54 Å². The van der Waals surface area contributed by atoms with Crippen molar-refractivity contribution >= 4 is 16.0 Å². The molecule has 9 heteroatoms. The highest BCUT2D eigenvalue weighted by molar-refractivity contribution is 7.89. The number of hydrogen-bond donors (Lipinski definition) is 3. The van der Waals surface area contributed by atoms with E-state index >= 15 is 0 Å². The van der Waals surface area contributed by atoms with Crippen LogP contribution in [0.25, 0.3) is 5.69 Å². The second kappa shape index (κ2) is 10.7. The maximum absolute atomic E-state index is 11.8. The highest BCUT2D eigenvalue weighted by Gasteiger charge is 2.10. The van der Waals surface area contributed by atoms with Crippen LogP contribution in [0.15, 0.2) is 76.9 Å². The first-order chi connectivity index (χ1) is 15.0. The van der Waals surface area contributed by atoms with E-state index < -0.39 is 10.0 Å². The molecule has 0 aliphatic carbocycles. The van der Waals surface area contributed by atoms with Crippen molar-refractivity contribution in [2.24, 2.45) is 4.99 Å². The van der Waals surface area contributed by atoms with Crippen molar-refractivity contribution in [1.82, 2.24) is 25.1 Å². The fourth-order valence-corrected chi connectivity index (χ4v) is 3.70. The van der Waals surface area contributed by atoms with Crippen LogP contribution in [0.3, 0.4) is 0 Å². The molecule has 3 rings (SSSR count). The Kier molecular flexibility index (Phi) is 7.80. The maximum atomic E-state index is 11.8. The summed E-state index contributed by atoms with van der Waals surface area (Å²) in [4.78, 5) is 4.83. The topological polar surface area (TPSA) is 100 Å². The standard InChI is InChI=1S/C22H28N6O2S/c1-3-24-22(26-17-19-7-11-21(12-8-19)31(29,30)23-2)25-15-13-18-5-9-20(10-6-18)28-16-4-14-27-28/h4-12,14,16,23H,3,13,15,17H2,1-2H3,(H2,24,25,26). The Labute approximate surface area is 183 Å². The third kappa shape index (κ3) is 6.40. The van der Waals surface area contributed by atoms with Crippen LogP contribution in [0.4, 0.5) is 0 Å². The number of aliphatic imine (C=N–C) groups is 1. The number of nitrogens with zero attached hydrogens (tertiary/aromatic N) is 3. The van der Waals surface area contributed by atoms with Crippen LogP contribution in [0.2, 0.25) is 0 Å². The summed E-state index contributed by atoms with van der Waals surface area (Å²) in [7, 11) is -2.03. The summed E-state index contributed by atoms with van der Waals surface area (Å²) < 4.78 is 27.8. The van der Waals surface area contributed by atoms with Crippen molar-refractivity contribution < 1.29 is 8.42 Å². The van der Waals surface area contributed by atoms with Crippen LogP contribution in [-0.4, -0.2) is 44.3 Å². The Morgan fingerprint density at radius 1 is 1.03 bits per heavy atom. The number of guanidine groups is 1. The van der Waals surface area contributed by atoms with Crippen molar-refractivity contribution in [2.75, 3.05) is 20.1 Å². The van der Waals surface area contributed by atoms with E-state index in [1.807, 2.05) is 23.9 Å². The monoisotopic (exact) mass is 440 g/mol. The van der Waals surface area contributed by atoms with Crippen LogP contribution in [0, 0.1) is 0 Å². The Morgan fingerprint density at radius 3 is 2.35 bits per heavy atom. The fourth-order valence-electron chi connectivity index (χ4n) is 2.97. The van der Waals surface area contributed by atoms with E-state index in [1.165, 1.54) is 12.6 Å². The molecule has 0 atom stereocenters. The average molecular weight is 441 g/mol. The minimum atomic E-state index is -3.42. The minimum absolute atomic E-state index is 0.242. The molecule has 0 aliphatic rings. The summed E-state index contributed by atoms with van der Waals surface area (Å²) in [6.07, 6.45) is 4.54. The molecule has 0 unspecified atom stereocenters. The molecule has 164 valence electrons. The number of benzene rings is 2. The lowest BCUT2D eigenvalue weighted by molar-refractivity contribution is 0.588. The zero-order chi connectivity index (χ0) is 22.1. The van der Waals surface area contributed by atoms with Gasteiger partial charge in [0.25, 0.3) is 0 Å². The normalized spacial score (nSPS) is 12.0. The van der Waals surface area contributed by atoms with E-state index in [4.69, 9.17) is 0 Å². The van der Waals surface area contributed by atoms with Crippen molar-refractivity contribution in [2.45, 2.75) is 24.8 Å². The molecule has 0 radical (unpaired) electrons. The van der Waals surface area contributed by atoms with Gasteiger partial charge in [-0.15, -0.1) is 0 Å². The van der Waals surface area contributed by atoms with E-state index in [0.717, 1.165) is 36.7 Å². The predicted octanol–water partition coefficient (Wildman–Crippen LogP) is 2.08. The Morgan fingerprint density at radius 2 is 1.74 bits per heavy atom. The molecule has 0 saturated carbocycles. The predicted molar refractivity (Wildman–Crippen MR) is 123 cm³/mol. The quantitative estimate of drug-likeness (QED) is 0.349. The third-order valence-corrected chi connectivity index (χ3v) is 6.11. The molecule has 1 aromatic heterocycles. The molecule has 2 aromatic carbocycles. The second-order valence-corrected chi connectivity index (χ2v) is 8.73. The van der Waals surface area contributed by atoms with Crippen LogP contribution in [0.5, 0.6) is 0 Å². The molecule has 0 fully saturated rings. The first-order valence-corrected chi connectivity index (χ1v) is 11.6. The lowest BCUT2D eigenvalue weighted by atomic mass is 10.1. The minimum Gasteiger partial charge on any atom is -0.357 e. The lowest BCUT2D eigenvalue weighted by Crippen LogP contribution is -2.38. The summed E-state index contributed by atoms with van der Waals surface area (Å²) in [6, 6.07) is 16.9. The fraction of sp³-hybridized carbons (Fsp3) is 0.273. The van der Waals surface area contributed by atoms with Gasteiger partial charge >= 0.3 is 0 Å². The molecule has 1 heterocycles. The summed E-state index contributed by atoms with van der Waals surface area (Å²) in [5.74, 6) is 0.725. The summed E-state index contributed by atoms with van der Waals surface area (Å²) in [5.41, 5.74) is 3.19. The molecule has 3 aromatic rings. The van der Waals surface area contributed by atoms with Gasteiger partial charge in [-0.2, -0.15) is 5.10 Å². The number of aromatic nitrogens is 2.